The van der Waals surface area contributed by atoms with Crippen molar-refractivity contribution in [3.63, 3.8) is 0 Å². The number of nitrogens with one attached hydrogen (secondary N) is 1. The zero-order chi connectivity index (χ0) is 18.4. The number of amides is 1. The number of hydrogen-bond donors (Lipinski definition) is 1. The standard InChI is InChI=1S/C19H26N4OS/c1-6-15-8-10-16(11-9-15)17-20-19(22-21-17)25-14(5)18(24)23(7-2)12-13(3)4/h8-11,14H,3,6-7,12H2,1-2,4-5H3,(H,20,21,22)/t14-/m0/s1. The van der Waals surface area contributed by atoms with Crippen molar-refractivity contribution >= 4 is 17.7 Å². The van der Waals surface area contributed by atoms with Crippen molar-refractivity contribution in [3.05, 3.63) is 42.0 Å². The van der Waals surface area contributed by atoms with E-state index in [-0.39, 0.29) is 11.2 Å². The van der Waals surface area contributed by atoms with Crippen LogP contribution in [0.3, 0.4) is 0 Å². The van der Waals surface area contributed by atoms with Crippen molar-refractivity contribution in [2.45, 2.75) is 44.5 Å². The Bertz CT molecular complexity index is 723. The average molecular weight is 359 g/mol. The fourth-order valence-corrected chi connectivity index (χ4v) is 3.27. The van der Waals surface area contributed by atoms with Crippen LogP contribution in [0.1, 0.15) is 33.3 Å². The monoisotopic (exact) mass is 358 g/mol. The van der Waals surface area contributed by atoms with Crippen LogP contribution in [-0.2, 0) is 11.2 Å². The number of likely N-dealkylation sites (N-methyl/N-ethyl adjacent to an activating group) is 1. The van der Waals surface area contributed by atoms with Crippen molar-refractivity contribution in [2.75, 3.05) is 13.1 Å². The summed E-state index contributed by atoms with van der Waals surface area (Å²) in [7, 11) is 0. The van der Waals surface area contributed by atoms with Gasteiger partial charge in [-0.1, -0.05) is 55.1 Å². The number of H-pyrrole nitrogens is 1. The predicted molar refractivity (Wildman–Crippen MR) is 104 cm³/mol. The van der Waals surface area contributed by atoms with Crippen LogP contribution in [0.4, 0.5) is 0 Å². The van der Waals surface area contributed by atoms with Crippen molar-refractivity contribution in [1.29, 1.82) is 0 Å². The molecule has 1 atom stereocenters. The molecule has 1 heterocycles. The molecule has 1 amide bonds. The highest BCUT2D eigenvalue weighted by Gasteiger charge is 2.22. The van der Waals surface area contributed by atoms with E-state index in [2.05, 4.69) is 40.8 Å². The van der Waals surface area contributed by atoms with Gasteiger partial charge in [0, 0.05) is 18.7 Å². The summed E-state index contributed by atoms with van der Waals surface area (Å²) in [5.74, 6) is 0.799. The molecule has 0 aliphatic heterocycles. The Labute approximate surface area is 153 Å². The smallest absolute Gasteiger partial charge is 0.236 e. The number of carbonyl (C=O) groups excluding carboxylic acids is 1. The van der Waals surface area contributed by atoms with Crippen LogP contribution in [0.5, 0.6) is 0 Å². The number of benzene rings is 1. The van der Waals surface area contributed by atoms with E-state index in [1.807, 2.05) is 32.9 Å². The minimum atomic E-state index is -0.245. The van der Waals surface area contributed by atoms with Crippen LogP contribution in [0.2, 0.25) is 0 Å². The maximum atomic E-state index is 12.6. The first-order valence-corrected chi connectivity index (χ1v) is 9.44. The normalized spacial score (nSPS) is 12.0. The van der Waals surface area contributed by atoms with E-state index < -0.39 is 0 Å². The molecule has 0 radical (unpaired) electrons. The average Bonchev–Trinajstić information content (AvgIpc) is 3.07. The maximum absolute atomic E-state index is 12.6. The van der Waals surface area contributed by atoms with Crippen molar-refractivity contribution in [2.24, 2.45) is 0 Å². The number of thioether (sulfide) groups is 1. The summed E-state index contributed by atoms with van der Waals surface area (Å²) in [6.07, 6.45) is 1.01. The lowest BCUT2D eigenvalue weighted by Gasteiger charge is -2.23. The molecule has 25 heavy (non-hydrogen) atoms. The topological polar surface area (TPSA) is 61.9 Å². The summed E-state index contributed by atoms with van der Waals surface area (Å²) in [6, 6.07) is 8.25. The van der Waals surface area contributed by atoms with Gasteiger partial charge in [0.15, 0.2) is 5.82 Å². The van der Waals surface area contributed by atoms with E-state index in [0.29, 0.717) is 18.2 Å². The number of aromatic nitrogens is 3. The van der Waals surface area contributed by atoms with E-state index in [9.17, 15) is 4.79 Å². The van der Waals surface area contributed by atoms with Crippen LogP contribution in [0, 0.1) is 0 Å². The Morgan fingerprint density at radius 1 is 1.32 bits per heavy atom. The predicted octanol–water partition coefficient (Wildman–Crippen LogP) is 3.94. The van der Waals surface area contributed by atoms with Gasteiger partial charge in [-0.15, -0.1) is 5.10 Å². The number of rotatable bonds is 8. The zero-order valence-corrected chi connectivity index (χ0v) is 16.2. The van der Waals surface area contributed by atoms with Gasteiger partial charge in [-0.05, 0) is 32.8 Å². The second-order valence-electron chi connectivity index (χ2n) is 6.09. The largest absolute Gasteiger partial charge is 0.338 e. The van der Waals surface area contributed by atoms with Gasteiger partial charge in [0.25, 0.3) is 0 Å². The molecule has 2 rings (SSSR count). The zero-order valence-electron chi connectivity index (χ0n) is 15.4. The van der Waals surface area contributed by atoms with Crippen LogP contribution in [0.15, 0.2) is 41.6 Å². The van der Waals surface area contributed by atoms with Crippen LogP contribution >= 0.6 is 11.8 Å². The van der Waals surface area contributed by atoms with Gasteiger partial charge in [-0.2, -0.15) is 0 Å². The van der Waals surface area contributed by atoms with Crippen molar-refractivity contribution in [1.82, 2.24) is 20.1 Å². The minimum absolute atomic E-state index is 0.0779. The van der Waals surface area contributed by atoms with Gasteiger partial charge < -0.3 is 4.90 Å². The van der Waals surface area contributed by atoms with E-state index in [1.54, 1.807) is 4.90 Å². The first-order valence-electron chi connectivity index (χ1n) is 8.56. The lowest BCUT2D eigenvalue weighted by atomic mass is 10.1. The van der Waals surface area contributed by atoms with E-state index in [4.69, 9.17) is 0 Å². The fourth-order valence-electron chi connectivity index (χ4n) is 2.46. The molecular formula is C19H26N4OS. The van der Waals surface area contributed by atoms with E-state index in [0.717, 1.165) is 23.4 Å². The Kier molecular flexibility index (Phi) is 6.82. The Morgan fingerprint density at radius 2 is 2.00 bits per heavy atom. The molecule has 0 aliphatic carbocycles. The summed E-state index contributed by atoms with van der Waals surface area (Å²) in [5, 5.41) is 7.54. The van der Waals surface area contributed by atoms with Crippen LogP contribution < -0.4 is 0 Å². The maximum Gasteiger partial charge on any atom is 0.236 e. The van der Waals surface area contributed by atoms with E-state index >= 15 is 0 Å². The second kappa shape index (κ2) is 8.85. The molecule has 0 saturated heterocycles. The summed E-state index contributed by atoms with van der Waals surface area (Å²) in [4.78, 5) is 18.9. The molecule has 6 heteroatoms. The molecule has 1 aromatic carbocycles. The fraction of sp³-hybridized carbons (Fsp3) is 0.421. The molecule has 0 fully saturated rings. The Balaban J connectivity index is 2.04. The highest BCUT2D eigenvalue weighted by Crippen LogP contribution is 2.24. The number of carbonyl (C=O) groups is 1. The first kappa shape index (κ1) is 19.2. The van der Waals surface area contributed by atoms with Gasteiger partial charge in [0.05, 0.1) is 5.25 Å². The minimum Gasteiger partial charge on any atom is -0.338 e. The second-order valence-corrected chi connectivity index (χ2v) is 7.39. The SMILES string of the molecule is C=C(C)CN(CC)C(=O)[C@H](C)Sc1n[nH]c(-c2ccc(CC)cc2)n1. The van der Waals surface area contributed by atoms with Gasteiger partial charge in [0.2, 0.25) is 11.1 Å². The third kappa shape index (κ3) is 5.19. The van der Waals surface area contributed by atoms with Crippen molar-refractivity contribution in [3.8, 4) is 11.4 Å². The summed E-state index contributed by atoms with van der Waals surface area (Å²) >= 11 is 1.37. The van der Waals surface area contributed by atoms with Gasteiger partial charge in [0.1, 0.15) is 0 Å². The van der Waals surface area contributed by atoms with Crippen LogP contribution in [0.25, 0.3) is 11.4 Å². The molecule has 0 bridgehead atoms. The number of hydrogen-bond acceptors (Lipinski definition) is 4. The molecule has 2 aromatic rings. The number of aryl methyl sites for hydroxylation is 1. The number of aromatic amines is 1. The Morgan fingerprint density at radius 3 is 2.56 bits per heavy atom. The molecule has 0 spiro atoms. The number of nitrogens with zero attached hydrogens (tertiary/aromatic N) is 3. The lowest BCUT2D eigenvalue weighted by Crippen LogP contribution is -2.37. The molecule has 1 N–H and O–H groups in total. The van der Waals surface area contributed by atoms with Crippen LogP contribution in [-0.4, -0.2) is 44.3 Å². The quantitative estimate of drug-likeness (QED) is 0.573. The molecule has 1 aromatic heterocycles. The summed E-state index contributed by atoms with van der Waals surface area (Å²) in [6.45, 7) is 13.1. The molecule has 0 unspecified atom stereocenters. The Hall–Kier alpha value is -2.08. The summed E-state index contributed by atoms with van der Waals surface area (Å²) < 4.78 is 0. The summed E-state index contributed by atoms with van der Waals surface area (Å²) in [5.41, 5.74) is 3.25. The third-order valence-corrected chi connectivity index (χ3v) is 4.83. The lowest BCUT2D eigenvalue weighted by molar-refractivity contribution is -0.129. The molecule has 0 saturated carbocycles. The molecule has 0 aliphatic rings. The molecular weight excluding hydrogens is 332 g/mol. The van der Waals surface area contributed by atoms with Gasteiger partial charge in [-0.25, -0.2) is 4.98 Å². The first-order chi connectivity index (χ1) is 11.9. The van der Waals surface area contributed by atoms with Crippen molar-refractivity contribution < 1.29 is 4.79 Å². The van der Waals surface area contributed by atoms with Gasteiger partial charge in [-0.3, -0.25) is 9.89 Å². The highest BCUT2D eigenvalue weighted by atomic mass is 32.2. The van der Waals surface area contributed by atoms with Gasteiger partial charge >= 0.3 is 0 Å². The highest BCUT2D eigenvalue weighted by molar-refractivity contribution is 8.00. The van der Waals surface area contributed by atoms with E-state index in [1.165, 1.54) is 17.3 Å². The third-order valence-electron chi connectivity index (χ3n) is 3.88. The molecule has 134 valence electrons. The molecule has 5 nitrogen and oxygen atoms in total.